The van der Waals surface area contributed by atoms with Crippen molar-refractivity contribution in [3.63, 3.8) is 0 Å². The van der Waals surface area contributed by atoms with Crippen LogP contribution in [0.4, 0.5) is 5.69 Å². The summed E-state index contributed by atoms with van der Waals surface area (Å²) in [6.45, 7) is 3.75. The van der Waals surface area contributed by atoms with Crippen LogP contribution >= 0.6 is 0 Å². The van der Waals surface area contributed by atoms with Crippen LogP contribution in [0.2, 0.25) is 0 Å². The van der Waals surface area contributed by atoms with Crippen molar-refractivity contribution in [3.05, 3.63) is 64.5 Å². The number of hydrogen-bond acceptors (Lipinski definition) is 9. The Kier molecular flexibility index (Phi) is 6.58. The number of nitro groups is 1. The number of rotatable bonds is 9. The summed E-state index contributed by atoms with van der Waals surface area (Å²) in [5, 5.41) is 18.5. The number of carbonyl (C=O) groups is 1. The fourth-order valence-electron chi connectivity index (χ4n) is 2.46. The molecule has 0 bridgehead atoms. The van der Waals surface area contributed by atoms with E-state index >= 15 is 0 Å². The Labute approximate surface area is 171 Å². The zero-order valence-corrected chi connectivity index (χ0v) is 16.3. The lowest BCUT2D eigenvalue weighted by molar-refractivity contribution is -0.384. The number of carbonyl (C=O) groups excluding carboxylic acids is 1. The first-order chi connectivity index (χ1) is 14.5. The van der Waals surface area contributed by atoms with E-state index in [9.17, 15) is 14.9 Å². The number of benzene rings is 2. The lowest BCUT2D eigenvalue weighted by Gasteiger charge is -2.10. The molecule has 3 aromatic rings. The molecular formula is C20H19N3O7. The molecule has 3 rings (SSSR count). The van der Waals surface area contributed by atoms with E-state index in [0.717, 1.165) is 0 Å². The maximum atomic E-state index is 12.0. The van der Waals surface area contributed by atoms with Crippen molar-refractivity contribution in [2.45, 2.75) is 20.0 Å². The lowest BCUT2D eigenvalue weighted by atomic mass is 10.2. The van der Waals surface area contributed by atoms with Gasteiger partial charge in [-0.3, -0.25) is 10.1 Å². The Hall–Kier alpha value is -3.95. The van der Waals surface area contributed by atoms with E-state index in [2.05, 4.69) is 10.2 Å². The summed E-state index contributed by atoms with van der Waals surface area (Å²) in [6.07, 6.45) is -0.791. The second-order valence-corrected chi connectivity index (χ2v) is 6.07. The van der Waals surface area contributed by atoms with Gasteiger partial charge in [-0.05, 0) is 50.2 Å². The molecule has 1 heterocycles. The van der Waals surface area contributed by atoms with Crippen LogP contribution < -0.4 is 9.47 Å². The molecule has 0 unspecified atom stereocenters. The van der Waals surface area contributed by atoms with Crippen molar-refractivity contribution in [1.29, 1.82) is 0 Å². The van der Waals surface area contributed by atoms with Crippen LogP contribution in [0.3, 0.4) is 0 Å². The highest BCUT2D eigenvalue weighted by molar-refractivity contribution is 5.71. The number of ether oxygens (including phenoxy) is 3. The molecule has 0 N–H and O–H groups in total. The smallest absolute Gasteiger partial charge is 0.344 e. The lowest BCUT2D eigenvalue weighted by Crippen LogP contribution is -2.17. The van der Waals surface area contributed by atoms with E-state index in [1.165, 1.54) is 24.3 Å². The predicted octanol–water partition coefficient (Wildman–Crippen LogP) is 3.73. The normalized spacial score (nSPS) is 11.5. The van der Waals surface area contributed by atoms with E-state index in [1.54, 1.807) is 31.2 Å². The molecular weight excluding hydrogens is 394 g/mol. The molecule has 0 aliphatic carbocycles. The summed E-state index contributed by atoms with van der Waals surface area (Å²) in [4.78, 5) is 22.2. The maximum absolute atomic E-state index is 12.0. The molecule has 0 aliphatic heterocycles. The Morgan fingerprint density at radius 1 is 1.07 bits per heavy atom. The van der Waals surface area contributed by atoms with E-state index < -0.39 is 17.0 Å². The van der Waals surface area contributed by atoms with Gasteiger partial charge in [-0.15, -0.1) is 10.2 Å². The van der Waals surface area contributed by atoms with Gasteiger partial charge >= 0.3 is 5.97 Å². The number of esters is 1. The van der Waals surface area contributed by atoms with Crippen LogP contribution in [-0.2, 0) is 9.53 Å². The van der Waals surface area contributed by atoms with Gasteiger partial charge in [0.05, 0.1) is 11.5 Å². The fourth-order valence-corrected chi connectivity index (χ4v) is 2.46. The number of non-ortho nitro benzene ring substituents is 1. The molecule has 1 atom stereocenters. The van der Waals surface area contributed by atoms with Crippen LogP contribution in [0, 0.1) is 10.1 Å². The molecule has 156 valence electrons. The zero-order valence-electron chi connectivity index (χ0n) is 16.3. The molecule has 30 heavy (non-hydrogen) atoms. The largest absolute Gasteiger partial charge is 0.494 e. The van der Waals surface area contributed by atoms with E-state index in [-0.39, 0.29) is 24.1 Å². The standard InChI is InChI=1S/C20H19N3O7/c1-3-27-16-8-10-17(11-9-16)28-12-18(24)29-13(2)19-21-22-20(30-19)14-4-6-15(7-5-14)23(25)26/h4-11,13H,3,12H2,1-2H3/t13-/m0/s1. The third-order valence-corrected chi connectivity index (χ3v) is 3.91. The van der Waals surface area contributed by atoms with Gasteiger partial charge in [-0.1, -0.05) is 0 Å². The molecule has 0 amide bonds. The first-order valence-corrected chi connectivity index (χ1v) is 9.09. The van der Waals surface area contributed by atoms with Gasteiger partial charge in [0, 0.05) is 17.7 Å². The molecule has 0 aliphatic rings. The van der Waals surface area contributed by atoms with E-state index in [4.69, 9.17) is 18.6 Å². The fraction of sp³-hybridized carbons (Fsp3) is 0.250. The highest BCUT2D eigenvalue weighted by Crippen LogP contribution is 2.24. The highest BCUT2D eigenvalue weighted by Gasteiger charge is 2.20. The van der Waals surface area contributed by atoms with Gasteiger partial charge in [0.15, 0.2) is 12.7 Å². The topological polar surface area (TPSA) is 127 Å². The van der Waals surface area contributed by atoms with Crippen molar-refractivity contribution in [3.8, 4) is 23.0 Å². The van der Waals surface area contributed by atoms with Crippen LogP contribution in [0.1, 0.15) is 25.8 Å². The minimum atomic E-state index is -0.791. The third kappa shape index (κ3) is 5.31. The van der Waals surface area contributed by atoms with Gasteiger partial charge < -0.3 is 18.6 Å². The summed E-state index contributed by atoms with van der Waals surface area (Å²) in [5.74, 6) is 0.861. The zero-order chi connectivity index (χ0) is 21.5. The minimum Gasteiger partial charge on any atom is -0.494 e. The second kappa shape index (κ2) is 9.50. The first kappa shape index (κ1) is 20.8. The Balaban J connectivity index is 1.53. The number of aromatic nitrogens is 2. The Morgan fingerprint density at radius 3 is 2.30 bits per heavy atom. The first-order valence-electron chi connectivity index (χ1n) is 9.09. The minimum absolute atomic E-state index is 0.0479. The van der Waals surface area contributed by atoms with Crippen LogP contribution in [0.25, 0.3) is 11.5 Å². The average Bonchev–Trinajstić information content (AvgIpc) is 3.24. The summed E-state index contributed by atoms with van der Waals surface area (Å²) >= 11 is 0. The molecule has 0 spiro atoms. The highest BCUT2D eigenvalue weighted by atomic mass is 16.6. The van der Waals surface area contributed by atoms with Crippen molar-refractivity contribution >= 4 is 11.7 Å². The summed E-state index contributed by atoms with van der Waals surface area (Å²) in [7, 11) is 0. The number of nitro benzene ring substituents is 1. The molecule has 0 saturated carbocycles. The Morgan fingerprint density at radius 2 is 1.70 bits per heavy atom. The predicted molar refractivity (Wildman–Crippen MR) is 104 cm³/mol. The molecule has 2 aromatic carbocycles. The van der Waals surface area contributed by atoms with E-state index in [1.807, 2.05) is 6.92 Å². The summed E-state index contributed by atoms with van der Waals surface area (Å²) < 4.78 is 21.5. The third-order valence-electron chi connectivity index (χ3n) is 3.91. The maximum Gasteiger partial charge on any atom is 0.344 e. The molecule has 10 heteroatoms. The quantitative estimate of drug-likeness (QED) is 0.293. The second-order valence-electron chi connectivity index (χ2n) is 6.07. The monoisotopic (exact) mass is 413 g/mol. The van der Waals surface area contributed by atoms with Gasteiger partial charge in [-0.2, -0.15) is 0 Å². The summed E-state index contributed by atoms with van der Waals surface area (Å²) in [6, 6.07) is 12.5. The van der Waals surface area contributed by atoms with Crippen LogP contribution in [0.5, 0.6) is 11.5 Å². The van der Waals surface area contributed by atoms with Crippen molar-refractivity contribution in [1.82, 2.24) is 10.2 Å². The van der Waals surface area contributed by atoms with Gasteiger partial charge in [0.2, 0.25) is 5.89 Å². The average molecular weight is 413 g/mol. The van der Waals surface area contributed by atoms with Crippen LogP contribution in [0.15, 0.2) is 52.9 Å². The Bertz CT molecular complexity index is 1000. The summed E-state index contributed by atoms with van der Waals surface area (Å²) in [5.41, 5.74) is 0.463. The van der Waals surface area contributed by atoms with E-state index in [0.29, 0.717) is 23.7 Å². The van der Waals surface area contributed by atoms with Crippen molar-refractivity contribution in [2.75, 3.05) is 13.2 Å². The number of hydrogen-bond donors (Lipinski definition) is 0. The molecule has 1 aromatic heterocycles. The molecule has 0 fully saturated rings. The molecule has 0 saturated heterocycles. The molecule has 0 radical (unpaired) electrons. The van der Waals surface area contributed by atoms with Crippen molar-refractivity contribution < 1.29 is 28.3 Å². The molecule has 10 nitrogen and oxygen atoms in total. The number of nitrogens with zero attached hydrogens (tertiary/aromatic N) is 3. The SMILES string of the molecule is CCOc1ccc(OCC(=O)O[C@@H](C)c2nnc(-c3ccc([N+](=O)[O-])cc3)o2)cc1. The van der Waals surface area contributed by atoms with Gasteiger partial charge in [0.1, 0.15) is 11.5 Å². The van der Waals surface area contributed by atoms with Gasteiger partial charge in [0.25, 0.3) is 11.6 Å². The van der Waals surface area contributed by atoms with Gasteiger partial charge in [-0.25, -0.2) is 4.79 Å². The van der Waals surface area contributed by atoms with Crippen LogP contribution in [-0.4, -0.2) is 34.3 Å². The van der Waals surface area contributed by atoms with Crippen molar-refractivity contribution in [2.24, 2.45) is 0 Å².